The van der Waals surface area contributed by atoms with Crippen LogP contribution in [-0.2, 0) is 4.74 Å². The number of cyclic esters (lactones) is 1. The van der Waals surface area contributed by atoms with E-state index in [1.54, 1.807) is 0 Å². The van der Waals surface area contributed by atoms with E-state index in [0.717, 1.165) is 5.01 Å². The van der Waals surface area contributed by atoms with Gasteiger partial charge in [0.1, 0.15) is 45.7 Å². The number of aldehydes is 1. The zero-order valence-electron chi connectivity index (χ0n) is 23.1. The van der Waals surface area contributed by atoms with Gasteiger partial charge in [0.25, 0.3) is 0 Å². The maximum Gasteiger partial charge on any atom is 0.433 e. The fraction of sp³-hybridized carbons (Fsp3) is 0.222. The maximum absolute atomic E-state index is 12.6. The maximum atomic E-state index is 12.6. The number of hydrogen-bond donors (Lipinski definition) is 3. The van der Waals surface area contributed by atoms with Gasteiger partial charge < -0.3 is 33.9 Å². The second-order valence-electron chi connectivity index (χ2n) is 8.80. The Morgan fingerprint density at radius 2 is 1.77 bits per heavy atom. The predicted octanol–water partition coefficient (Wildman–Crippen LogP) is 3.74. The van der Waals surface area contributed by atoms with Crippen LogP contribution < -0.4 is 9.47 Å². The molecule has 0 saturated carbocycles. The van der Waals surface area contributed by atoms with Crippen LogP contribution in [0, 0.1) is 30.9 Å². The van der Waals surface area contributed by atoms with Crippen molar-refractivity contribution in [3.8, 4) is 23.0 Å². The van der Waals surface area contributed by atoms with Crippen LogP contribution in [0.25, 0.3) is 0 Å². The van der Waals surface area contributed by atoms with Crippen LogP contribution in [0.3, 0.4) is 0 Å². The summed E-state index contributed by atoms with van der Waals surface area (Å²) in [6, 6.07) is 5.32. The van der Waals surface area contributed by atoms with E-state index in [4.69, 9.17) is 13.9 Å². The summed E-state index contributed by atoms with van der Waals surface area (Å²) < 4.78 is 19.7. The third-order valence-corrected chi connectivity index (χ3v) is 6.02. The summed E-state index contributed by atoms with van der Waals surface area (Å²) in [6.45, 7) is 5.00. The van der Waals surface area contributed by atoms with E-state index in [0.29, 0.717) is 18.4 Å². The molecule has 0 atom stereocenters. The molecule has 1 saturated heterocycles. The minimum Gasteiger partial charge on any atom is -0.507 e. The first kappa shape index (κ1) is 31.6. The van der Waals surface area contributed by atoms with Crippen molar-refractivity contribution in [3.63, 3.8) is 0 Å². The quantitative estimate of drug-likeness (QED) is 0.0838. The fourth-order valence-electron chi connectivity index (χ4n) is 3.84. The van der Waals surface area contributed by atoms with Gasteiger partial charge in [-0.3, -0.25) is 14.9 Å². The lowest BCUT2D eigenvalue weighted by Gasteiger charge is -2.16. The third kappa shape index (κ3) is 6.87. The van der Waals surface area contributed by atoms with Crippen LogP contribution in [0.15, 0.2) is 33.8 Å². The van der Waals surface area contributed by atoms with Gasteiger partial charge in [-0.25, -0.2) is 14.4 Å². The molecule has 0 aliphatic carbocycles. The average molecular weight is 600 g/mol. The van der Waals surface area contributed by atoms with Crippen molar-refractivity contribution in [3.05, 3.63) is 73.5 Å². The van der Waals surface area contributed by atoms with Gasteiger partial charge in [0.05, 0.1) is 31.5 Å². The van der Waals surface area contributed by atoms with Crippen molar-refractivity contribution >= 4 is 36.4 Å². The summed E-state index contributed by atoms with van der Waals surface area (Å²) in [4.78, 5) is 55.8. The number of benzene rings is 2. The Kier molecular flexibility index (Phi) is 9.67. The van der Waals surface area contributed by atoms with Crippen molar-refractivity contribution in [2.24, 2.45) is 5.10 Å². The van der Waals surface area contributed by atoms with Crippen molar-refractivity contribution in [1.29, 1.82) is 0 Å². The van der Waals surface area contributed by atoms with Crippen molar-refractivity contribution in [1.82, 2.24) is 5.01 Å². The van der Waals surface area contributed by atoms with Gasteiger partial charge in [-0.15, -0.1) is 0 Å². The molecular formula is C27H25N3O13. The molecule has 226 valence electrons. The van der Waals surface area contributed by atoms with Crippen LogP contribution in [-0.4, -0.2) is 76.0 Å². The van der Waals surface area contributed by atoms with E-state index >= 15 is 0 Å². The second kappa shape index (κ2) is 13.2. The van der Waals surface area contributed by atoms with Gasteiger partial charge in [0, 0.05) is 5.56 Å². The number of furan rings is 1. The number of carbonyl (C=O) groups excluding carboxylic acids is 3. The molecule has 0 unspecified atom stereocenters. The van der Waals surface area contributed by atoms with Gasteiger partial charge in [0.2, 0.25) is 0 Å². The number of aromatic carboxylic acids is 1. The molecule has 3 N–H and O–H groups in total. The number of amides is 1. The number of aromatic hydroxyl groups is 2. The van der Waals surface area contributed by atoms with E-state index in [9.17, 15) is 44.6 Å². The molecule has 1 aromatic heterocycles. The normalized spacial score (nSPS) is 12.4. The van der Waals surface area contributed by atoms with Crippen molar-refractivity contribution in [2.45, 2.75) is 20.8 Å². The third-order valence-electron chi connectivity index (χ3n) is 6.02. The molecule has 43 heavy (non-hydrogen) atoms. The Labute approximate surface area is 242 Å². The summed E-state index contributed by atoms with van der Waals surface area (Å²) in [5, 5.41) is 44.7. The number of phenolic OH excluding ortho intramolecular Hbond substituents is 1. The fourth-order valence-corrected chi connectivity index (χ4v) is 3.84. The summed E-state index contributed by atoms with van der Waals surface area (Å²) in [6.07, 6.45) is 1.03. The summed E-state index contributed by atoms with van der Waals surface area (Å²) in [7, 11) is 1.31. The van der Waals surface area contributed by atoms with Gasteiger partial charge in [0.15, 0.2) is 12.0 Å². The highest BCUT2D eigenvalue weighted by atomic mass is 16.6. The highest BCUT2D eigenvalue weighted by molar-refractivity contribution is 6.00. The largest absolute Gasteiger partial charge is 0.507 e. The van der Waals surface area contributed by atoms with Crippen LogP contribution >= 0.6 is 0 Å². The van der Waals surface area contributed by atoms with E-state index in [1.807, 2.05) is 0 Å². The number of rotatable bonds is 8. The van der Waals surface area contributed by atoms with Gasteiger partial charge in [-0.05, 0) is 50.1 Å². The molecule has 2 aromatic carbocycles. The number of nitrogens with zero attached hydrogens (tertiary/aromatic N) is 3. The Morgan fingerprint density at radius 3 is 2.30 bits per heavy atom. The minimum atomic E-state index is -1.38. The minimum absolute atomic E-state index is 0.0419. The van der Waals surface area contributed by atoms with Gasteiger partial charge in [-0.1, -0.05) is 0 Å². The number of phenols is 2. The Bertz CT molecular complexity index is 1640. The first-order valence-electron chi connectivity index (χ1n) is 12.2. The number of carboxylic acids is 1. The lowest BCUT2D eigenvalue weighted by molar-refractivity contribution is -0.402. The summed E-state index contributed by atoms with van der Waals surface area (Å²) in [5.41, 5.74) is -0.307. The molecule has 1 amide bonds. The van der Waals surface area contributed by atoms with E-state index in [-0.39, 0.29) is 57.6 Å². The standard InChI is InChI=1S/C19H18O8.C8H7N3O5/c1-8-5-13(26-4)11(7-20)17(22)14(8)19(25)27-12-6-9(2)16(21)15(10(12)3)18(23)24;12-8-10(3-4-15-8)9-5-6-1-2-7(16-6)11(13)14/h5-7,21-22H,1-4H3,(H,23,24);1-2,5H,3-4H2. The Balaban J connectivity index is 0.000000268. The molecule has 1 fully saturated rings. The number of carbonyl (C=O) groups is 4. The van der Waals surface area contributed by atoms with E-state index in [1.165, 1.54) is 58.4 Å². The molecule has 16 nitrogen and oxygen atoms in total. The molecule has 3 aromatic rings. The van der Waals surface area contributed by atoms with Gasteiger partial charge in [-0.2, -0.15) is 10.1 Å². The number of carboxylic acid groups (broad SMARTS) is 1. The predicted molar refractivity (Wildman–Crippen MR) is 145 cm³/mol. The van der Waals surface area contributed by atoms with E-state index in [2.05, 4.69) is 9.84 Å². The number of hydrogen-bond acceptors (Lipinski definition) is 13. The number of aryl methyl sites for hydroxylation is 2. The number of hydrazone groups is 1. The SMILES string of the molecule is COc1cc(C)c(C(=O)Oc2cc(C)c(O)c(C(=O)O)c2C)c(O)c1C=O.O=C1OCCN1N=Cc1ccc([N+](=O)[O-])o1. The average Bonchev–Trinajstić information content (AvgIpc) is 3.59. The molecule has 16 heteroatoms. The monoisotopic (exact) mass is 599 g/mol. The molecule has 1 aliphatic heterocycles. The number of ether oxygens (including phenoxy) is 3. The zero-order valence-corrected chi connectivity index (χ0v) is 23.1. The Hall–Kier alpha value is -5.93. The molecule has 4 rings (SSSR count). The van der Waals surface area contributed by atoms with Crippen LogP contribution in [0.5, 0.6) is 23.0 Å². The molecule has 0 bridgehead atoms. The van der Waals surface area contributed by atoms with Crippen LogP contribution in [0.4, 0.5) is 10.7 Å². The first-order chi connectivity index (χ1) is 20.3. The number of esters is 1. The number of methoxy groups -OCH3 is 1. The topological polar surface area (TPSA) is 229 Å². The Morgan fingerprint density at radius 1 is 1.09 bits per heavy atom. The zero-order chi connectivity index (χ0) is 32.0. The highest BCUT2D eigenvalue weighted by Crippen LogP contribution is 2.36. The molecular weight excluding hydrogens is 574 g/mol. The molecule has 1 aliphatic rings. The number of nitro groups is 1. The lowest BCUT2D eigenvalue weighted by atomic mass is 10.0. The van der Waals surface area contributed by atoms with Crippen LogP contribution in [0.2, 0.25) is 0 Å². The van der Waals surface area contributed by atoms with Gasteiger partial charge >= 0.3 is 23.9 Å². The second-order valence-corrected chi connectivity index (χ2v) is 8.80. The lowest BCUT2D eigenvalue weighted by Crippen LogP contribution is -2.17. The van der Waals surface area contributed by atoms with E-state index < -0.39 is 34.5 Å². The van der Waals surface area contributed by atoms with Crippen molar-refractivity contribution in [2.75, 3.05) is 20.3 Å². The smallest absolute Gasteiger partial charge is 0.433 e. The van der Waals surface area contributed by atoms with Crippen LogP contribution in [0.1, 0.15) is 53.5 Å². The van der Waals surface area contributed by atoms with Crippen molar-refractivity contribution < 1.29 is 58.0 Å². The summed E-state index contributed by atoms with van der Waals surface area (Å²) in [5.74, 6) is -3.55. The molecule has 0 radical (unpaired) electrons. The molecule has 0 spiro atoms. The highest BCUT2D eigenvalue weighted by Gasteiger charge is 2.26. The summed E-state index contributed by atoms with van der Waals surface area (Å²) >= 11 is 0. The molecule has 2 heterocycles. The first-order valence-corrected chi connectivity index (χ1v) is 12.2.